The monoisotopic (exact) mass is 639 g/mol. The van der Waals surface area contributed by atoms with Gasteiger partial charge in [0.1, 0.15) is 5.52 Å². The summed E-state index contributed by atoms with van der Waals surface area (Å²) in [5.74, 6) is 0.894. The number of rotatable bonds is 4. The number of hydrogen-bond acceptors (Lipinski definition) is 1. The zero-order chi connectivity index (χ0) is 32.8. The van der Waals surface area contributed by atoms with Crippen molar-refractivity contribution in [3.63, 3.8) is 0 Å². The van der Waals surface area contributed by atoms with E-state index in [0.717, 1.165) is 56.1 Å². The van der Waals surface area contributed by atoms with Gasteiger partial charge in [-0.1, -0.05) is 103 Å². The molecule has 0 aliphatic heterocycles. The zero-order valence-electron chi connectivity index (χ0n) is 27.0. The van der Waals surface area contributed by atoms with Crippen LogP contribution in [0.15, 0.2) is 176 Å². The van der Waals surface area contributed by atoms with E-state index in [1.165, 1.54) is 32.8 Å². The van der Waals surface area contributed by atoms with Gasteiger partial charge in [-0.15, -0.1) is 0 Å². The summed E-state index contributed by atoms with van der Waals surface area (Å²) in [4.78, 5) is 5.39. The molecule has 0 N–H and O–H groups in total. The van der Waals surface area contributed by atoms with Crippen LogP contribution in [0.3, 0.4) is 0 Å². The maximum absolute atomic E-state index is 5.39. The first-order valence-electron chi connectivity index (χ1n) is 17.0. The van der Waals surface area contributed by atoms with Gasteiger partial charge in [0.25, 0.3) is 0 Å². The highest BCUT2D eigenvalue weighted by molar-refractivity contribution is 6.12. The minimum atomic E-state index is 0.894. The Bertz CT molecular complexity index is 3070. The van der Waals surface area contributed by atoms with Gasteiger partial charge in [-0.3, -0.25) is 13.5 Å². The number of nitrogens with zero attached hydrogens (tertiary/aromatic N) is 5. The highest BCUT2D eigenvalue weighted by Gasteiger charge is 2.25. The normalized spacial score (nSPS) is 12.0. The van der Waals surface area contributed by atoms with Crippen LogP contribution in [-0.4, -0.2) is 23.1 Å². The number of aromatic nitrogens is 5. The molecule has 7 aromatic carbocycles. The fourth-order valence-corrected chi connectivity index (χ4v) is 8.01. The van der Waals surface area contributed by atoms with E-state index < -0.39 is 0 Å². The Kier molecular flexibility index (Phi) is 5.60. The molecule has 50 heavy (non-hydrogen) atoms. The highest BCUT2D eigenvalue weighted by atomic mass is 15.3. The van der Waals surface area contributed by atoms with E-state index in [1.807, 2.05) is 0 Å². The predicted molar refractivity (Wildman–Crippen MR) is 206 cm³/mol. The first-order chi connectivity index (χ1) is 24.8. The molecule has 234 valence electrons. The van der Waals surface area contributed by atoms with Crippen LogP contribution in [0, 0.1) is 0 Å². The van der Waals surface area contributed by atoms with Gasteiger partial charge in [-0.2, -0.15) is 0 Å². The van der Waals surface area contributed by atoms with Gasteiger partial charge < -0.3 is 4.57 Å². The van der Waals surface area contributed by atoms with Gasteiger partial charge in [0.15, 0.2) is 5.65 Å². The molecule has 0 saturated heterocycles. The molecule has 0 bridgehead atoms. The summed E-state index contributed by atoms with van der Waals surface area (Å²) in [6.07, 6.45) is 0. The third kappa shape index (κ3) is 3.74. The maximum Gasteiger partial charge on any atom is 0.221 e. The largest absolute Gasteiger partial charge is 0.309 e. The molecule has 0 aliphatic rings. The summed E-state index contributed by atoms with van der Waals surface area (Å²) >= 11 is 0. The third-order valence-corrected chi connectivity index (χ3v) is 10.1. The average Bonchev–Trinajstić information content (AvgIpc) is 3.90. The number of imidazole rings is 2. The zero-order valence-corrected chi connectivity index (χ0v) is 27.0. The molecule has 5 nitrogen and oxygen atoms in total. The fraction of sp³-hybridized carbons (Fsp3) is 0. The van der Waals surface area contributed by atoms with Crippen molar-refractivity contribution < 1.29 is 0 Å². The Morgan fingerprint density at radius 2 is 0.860 bits per heavy atom. The van der Waals surface area contributed by atoms with Gasteiger partial charge in [0, 0.05) is 33.2 Å². The van der Waals surface area contributed by atoms with Gasteiger partial charge in [-0.25, -0.2) is 4.98 Å². The van der Waals surface area contributed by atoms with Crippen LogP contribution in [0.2, 0.25) is 0 Å². The molecule has 4 heterocycles. The first-order valence-corrected chi connectivity index (χ1v) is 17.0. The van der Waals surface area contributed by atoms with Crippen LogP contribution in [0.1, 0.15) is 0 Å². The van der Waals surface area contributed by atoms with E-state index >= 15 is 0 Å². The quantitative estimate of drug-likeness (QED) is 0.189. The SMILES string of the molecule is c1ccc(-n2c3ccccc3c3cc(-c4ccc5c(c4)nc4n(-c6ccccc6)c6c7ccccc7n(-c7ccccc7)c6n54)ccc32)cc1. The van der Waals surface area contributed by atoms with Crippen LogP contribution in [-0.2, 0) is 0 Å². The molecule has 0 amide bonds. The Balaban J connectivity index is 1.18. The van der Waals surface area contributed by atoms with Crippen LogP contribution < -0.4 is 0 Å². The molecule has 0 spiro atoms. The van der Waals surface area contributed by atoms with E-state index in [0.29, 0.717) is 0 Å². The lowest BCUT2D eigenvalue weighted by molar-refractivity contribution is 1.09. The third-order valence-electron chi connectivity index (χ3n) is 10.1. The molecular formula is C45H29N5. The van der Waals surface area contributed by atoms with Gasteiger partial charge >= 0.3 is 0 Å². The predicted octanol–water partition coefficient (Wildman–Crippen LogP) is 11.1. The molecule has 4 aromatic heterocycles. The molecule has 11 rings (SSSR count). The van der Waals surface area contributed by atoms with Gasteiger partial charge in [0.05, 0.1) is 27.6 Å². The van der Waals surface area contributed by atoms with Crippen molar-refractivity contribution in [1.82, 2.24) is 23.1 Å². The molecule has 0 fully saturated rings. The van der Waals surface area contributed by atoms with Crippen molar-refractivity contribution in [2.45, 2.75) is 0 Å². The van der Waals surface area contributed by atoms with Gasteiger partial charge in [0.2, 0.25) is 5.78 Å². The van der Waals surface area contributed by atoms with Crippen LogP contribution in [0.25, 0.3) is 88.9 Å². The molecular weight excluding hydrogens is 611 g/mol. The lowest BCUT2D eigenvalue weighted by Gasteiger charge is -2.08. The summed E-state index contributed by atoms with van der Waals surface area (Å²) < 4.78 is 9.40. The Hall–Kier alpha value is -6.85. The lowest BCUT2D eigenvalue weighted by atomic mass is 10.0. The van der Waals surface area contributed by atoms with Crippen molar-refractivity contribution in [1.29, 1.82) is 0 Å². The van der Waals surface area contributed by atoms with E-state index in [4.69, 9.17) is 4.98 Å². The summed E-state index contributed by atoms with van der Waals surface area (Å²) in [7, 11) is 0. The second-order valence-corrected chi connectivity index (χ2v) is 12.9. The van der Waals surface area contributed by atoms with Crippen LogP contribution in [0.4, 0.5) is 0 Å². The second kappa shape index (κ2) is 10.3. The van der Waals surface area contributed by atoms with E-state index in [2.05, 4.69) is 194 Å². The Morgan fingerprint density at radius 1 is 0.360 bits per heavy atom. The first kappa shape index (κ1) is 27.1. The Morgan fingerprint density at radius 3 is 1.54 bits per heavy atom. The molecule has 0 atom stereocenters. The minimum Gasteiger partial charge on any atom is -0.309 e. The standard InChI is InChI=1S/C45H29N5/c1-4-14-32(15-5-1)47-39-22-12-10-20-35(39)37-28-30(24-26-41(37)47)31-25-27-42-38(29-31)46-45-49(34-18-8-3-9-19-34)43-36-21-11-13-23-40(36)48(44(43)50(42)45)33-16-6-2-7-17-33/h1-29H. The molecule has 11 aromatic rings. The molecule has 5 heteroatoms. The number of para-hydroxylation sites is 5. The van der Waals surface area contributed by atoms with Crippen LogP contribution >= 0.6 is 0 Å². The topological polar surface area (TPSA) is 32.1 Å². The lowest BCUT2D eigenvalue weighted by Crippen LogP contribution is -1.97. The fourth-order valence-electron chi connectivity index (χ4n) is 8.01. The molecule has 0 unspecified atom stereocenters. The summed E-state index contributed by atoms with van der Waals surface area (Å²) in [5.41, 5.74) is 13.5. The number of benzene rings is 7. The molecule has 0 saturated carbocycles. The smallest absolute Gasteiger partial charge is 0.221 e. The van der Waals surface area contributed by atoms with Crippen molar-refractivity contribution >= 4 is 60.7 Å². The summed E-state index contributed by atoms with van der Waals surface area (Å²) in [6, 6.07) is 62.8. The van der Waals surface area contributed by atoms with E-state index in [9.17, 15) is 0 Å². The highest BCUT2D eigenvalue weighted by Crippen LogP contribution is 2.40. The van der Waals surface area contributed by atoms with Crippen molar-refractivity contribution in [3.05, 3.63) is 176 Å². The van der Waals surface area contributed by atoms with Gasteiger partial charge in [-0.05, 0) is 83.9 Å². The van der Waals surface area contributed by atoms with Crippen LogP contribution in [0.5, 0.6) is 0 Å². The minimum absolute atomic E-state index is 0.894. The molecule has 0 aliphatic carbocycles. The number of fused-ring (bicyclic) bond motifs is 10. The summed E-state index contributed by atoms with van der Waals surface area (Å²) in [6.45, 7) is 0. The molecule has 0 radical (unpaired) electrons. The average molecular weight is 640 g/mol. The summed E-state index contributed by atoms with van der Waals surface area (Å²) in [5, 5.41) is 3.67. The van der Waals surface area contributed by atoms with E-state index in [-0.39, 0.29) is 0 Å². The van der Waals surface area contributed by atoms with Crippen molar-refractivity contribution in [2.75, 3.05) is 0 Å². The number of hydrogen-bond donors (Lipinski definition) is 0. The maximum atomic E-state index is 5.39. The Labute approximate surface area is 287 Å². The van der Waals surface area contributed by atoms with Crippen molar-refractivity contribution in [3.8, 4) is 28.2 Å². The second-order valence-electron chi connectivity index (χ2n) is 12.9. The van der Waals surface area contributed by atoms with E-state index in [1.54, 1.807) is 0 Å². The van der Waals surface area contributed by atoms with Crippen molar-refractivity contribution in [2.24, 2.45) is 0 Å².